The Morgan fingerprint density at radius 3 is 1.80 bits per heavy atom. The van der Waals surface area contributed by atoms with Gasteiger partial charge in [-0.2, -0.15) is 0 Å². The monoisotopic (exact) mass is 547 g/mol. The lowest BCUT2D eigenvalue weighted by Crippen LogP contribution is -2.26. The molecule has 3 saturated carbocycles. The minimum absolute atomic E-state index is 0.0129. The number of amides is 1. The number of carbonyl (C=O) groups excluding carboxylic acids is 1. The summed E-state index contributed by atoms with van der Waals surface area (Å²) >= 11 is 0. The van der Waals surface area contributed by atoms with Crippen LogP contribution in [0.4, 0.5) is 0 Å². The summed E-state index contributed by atoms with van der Waals surface area (Å²) < 4.78 is 0. The van der Waals surface area contributed by atoms with E-state index in [1.165, 1.54) is 88.7 Å². The standard InChI is InChI=1S/C38H61NO/c1-4-6-7-9-30-13-21-34(22-14-30)36-25-17-32(18-26-36)11-12-33-19-27-37(28-20-33)35-23-15-31(16-24-35)10-8-29-39(3)38(40)5-2/h5,15-16,23-24,30,32-34,36-37H,2,4,6-14,17-22,25-29H2,1,3H3. The van der Waals surface area contributed by atoms with E-state index in [9.17, 15) is 4.79 Å². The van der Waals surface area contributed by atoms with Crippen LogP contribution < -0.4 is 0 Å². The summed E-state index contributed by atoms with van der Waals surface area (Å²) in [7, 11) is 1.86. The number of unbranched alkanes of at least 4 members (excludes halogenated alkanes) is 2. The fourth-order valence-corrected chi connectivity index (χ4v) is 8.58. The largest absolute Gasteiger partial charge is 0.342 e. The van der Waals surface area contributed by atoms with Crippen molar-refractivity contribution >= 4 is 5.91 Å². The van der Waals surface area contributed by atoms with Gasteiger partial charge in [0.2, 0.25) is 5.91 Å². The third kappa shape index (κ3) is 9.77. The zero-order chi connectivity index (χ0) is 28.2. The van der Waals surface area contributed by atoms with Crippen molar-refractivity contribution in [3.63, 3.8) is 0 Å². The van der Waals surface area contributed by atoms with Gasteiger partial charge in [-0.15, -0.1) is 0 Å². The predicted molar refractivity (Wildman–Crippen MR) is 172 cm³/mol. The van der Waals surface area contributed by atoms with Gasteiger partial charge in [0.25, 0.3) is 0 Å². The molecule has 2 nitrogen and oxygen atoms in total. The third-order valence-corrected chi connectivity index (χ3v) is 11.5. The minimum Gasteiger partial charge on any atom is -0.342 e. The van der Waals surface area contributed by atoms with Crippen LogP contribution in [-0.4, -0.2) is 24.4 Å². The van der Waals surface area contributed by atoms with Crippen molar-refractivity contribution < 1.29 is 4.79 Å². The molecule has 0 atom stereocenters. The Bertz CT molecular complexity index is 850. The number of aryl methyl sites for hydroxylation is 1. The smallest absolute Gasteiger partial charge is 0.245 e. The van der Waals surface area contributed by atoms with E-state index >= 15 is 0 Å². The molecule has 0 unspecified atom stereocenters. The topological polar surface area (TPSA) is 20.3 Å². The summed E-state index contributed by atoms with van der Waals surface area (Å²) in [5.74, 6) is 5.98. The van der Waals surface area contributed by atoms with E-state index in [4.69, 9.17) is 0 Å². The molecule has 3 aliphatic carbocycles. The normalized spacial score (nSPS) is 29.1. The molecule has 3 fully saturated rings. The van der Waals surface area contributed by atoms with Gasteiger partial charge in [-0.1, -0.05) is 102 Å². The summed E-state index contributed by atoms with van der Waals surface area (Å²) in [6, 6.07) is 9.42. The van der Waals surface area contributed by atoms with Gasteiger partial charge in [0, 0.05) is 13.6 Å². The first-order valence-electron chi connectivity index (χ1n) is 17.5. The summed E-state index contributed by atoms with van der Waals surface area (Å²) in [5, 5.41) is 0. The van der Waals surface area contributed by atoms with Gasteiger partial charge in [-0.3, -0.25) is 4.79 Å². The number of rotatable bonds is 14. The van der Waals surface area contributed by atoms with E-state index in [1.54, 1.807) is 49.0 Å². The summed E-state index contributed by atoms with van der Waals surface area (Å²) in [6.07, 6.45) is 30.2. The molecule has 0 aliphatic heterocycles. The maximum Gasteiger partial charge on any atom is 0.245 e. The Morgan fingerprint density at radius 2 is 1.27 bits per heavy atom. The van der Waals surface area contributed by atoms with Crippen LogP contribution >= 0.6 is 0 Å². The highest BCUT2D eigenvalue weighted by atomic mass is 16.2. The molecular weight excluding hydrogens is 486 g/mol. The van der Waals surface area contributed by atoms with Crippen molar-refractivity contribution in [3.8, 4) is 0 Å². The van der Waals surface area contributed by atoms with Gasteiger partial charge >= 0.3 is 0 Å². The van der Waals surface area contributed by atoms with Crippen LogP contribution in [0, 0.1) is 29.6 Å². The van der Waals surface area contributed by atoms with E-state index in [1.807, 2.05) is 7.05 Å². The van der Waals surface area contributed by atoms with Gasteiger partial charge in [-0.25, -0.2) is 0 Å². The van der Waals surface area contributed by atoms with Crippen LogP contribution in [0.3, 0.4) is 0 Å². The molecule has 0 saturated heterocycles. The van der Waals surface area contributed by atoms with Crippen LogP contribution in [-0.2, 0) is 11.2 Å². The van der Waals surface area contributed by atoms with Gasteiger partial charge in [-0.05, 0) is 117 Å². The molecule has 0 aromatic heterocycles. The number of likely N-dealkylation sites (N-methyl/N-ethyl adjacent to an activating group) is 1. The van der Waals surface area contributed by atoms with Crippen molar-refractivity contribution in [1.29, 1.82) is 0 Å². The molecule has 1 amide bonds. The second kappa shape index (κ2) is 16.8. The maximum atomic E-state index is 11.6. The second-order valence-electron chi connectivity index (χ2n) is 14.2. The SMILES string of the molecule is C=CC(=O)N(C)CCCc1ccc(C2CCC(CCC3CCC(C4CCC(CCCCC)CC4)CC3)CC2)cc1. The fraction of sp³-hybridized carbons (Fsp3) is 0.763. The first kappa shape index (κ1) is 31.4. The molecule has 3 aliphatic rings. The second-order valence-corrected chi connectivity index (χ2v) is 14.2. The third-order valence-electron chi connectivity index (χ3n) is 11.5. The number of nitrogens with zero attached hydrogens (tertiary/aromatic N) is 1. The zero-order valence-corrected chi connectivity index (χ0v) is 26.3. The first-order chi connectivity index (χ1) is 19.6. The summed E-state index contributed by atoms with van der Waals surface area (Å²) in [5.41, 5.74) is 2.94. The lowest BCUT2D eigenvalue weighted by atomic mass is 9.67. The van der Waals surface area contributed by atoms with Crippen LogP contribution in [0.25, 0.3) is 0 Å². The Kier molecular flexibility index (Phi) is 13.1. The molecule has 0 N–H and O–H groups in total. The Balaban J connectivity index is 1.07. The lowest BCUT2D eigenvalue weighted by Gasteiger charge is -2.38. The molecule has 1 aromatic rings. The highest BCUT2D eigenvalue weighted by Crippen LogP contribution is 2.44. The van der Waals surface area contributed by atoms with E-state index in [0.29, 0.717) is 0 Å². The number of hydrogen-bond donors (Lipinski definition) is 0. The zero-order valence-electron chi connectivity index (χ0n) is 26.3. The average Bonchev–Trinajstić information content (AvgIpc) is 3.01. The fourth-order valence-electron chi connectivity index (χ4n) is 8.58. The molecule has 0 bridgehead atoms. The number of benzene rings is 1. The highest BCUT2D eigenvalue weighted by Gasteiger charge is 2.31. The van der Waals surface area contributed by atoms with E-state index in [0.717, 1.165) is 54.9 Å². The van der Waals surface area contributed by atoms with Crippen LogP contribution in [0.5, 0.6) is 0 Å². The lowest BCUT2D eigenvalue weighted by molar-refractivity contribution is -0.124. The van der Waals surface area contributed by atoms with E-state index in [2.05, 4.69) is 37.8 Å². The molecule has 0 heterocycles. The van der Waals surface area contributed by atoms with Crippen molar-refractivity contribution in [2.75, 3.05) is 13.6 Å². The van der Waals surface area contributed by atoms with Gasteiger partial charge < -0.3 is 4.90 Å². The Hall–Kier alpha value is -1.57. The molecule has 1 aromatic carbocycles. The van der Waals surface area contributed by atoms with E-state index in [-0.39, 0.29) is 5.91 Å². The first-order valence-corrected chi connectivity index (χ1v) is 17.5. The Labute approximate surface area is 247 Å². The summed E-state index contributed by atoms with van der Waals surface area (Å²) in [4.78, 5) is 13.4. The molecule has 224 valence electrons. The molecular formula is C38H61NO. The van der Waals surface area contributed by atoms with E-state index < -0.39 is 0 Å². The van der Waals surface area contributed by atoms with Crippen LogP contribution in [0.15, 0.2) is 36.9 Å². The van der Waals surface area contributed by atoms with Crippen molar-refractivity contribution in [2.24, 2.45) is 29.6 Å². The van der Waals surface area contributed by atoms with Crippen molar-refractivity contribution in [3.05, 3.63) is 48.0 Å². The molecule has 40 heavy (non-hydrogen) atoms. The molecule has 0 radical (unpaired) electrons. The minimum atomic E-state index is 0.0129. The maximum absolute atomic E-state index is 11.6. The quantitative estimate of drug-likeness (QED) is 0.167. The van der Waals surface area contributed by atoms with Gasteiger partial charge in [0.05, 0.1) is 0 Å². The van der Waals surface area contributed by atoms with Gasteiger partial charge in [0.15, 0.2) is 0 Å². The van der Waals surface area contributed by atoms with Crippen LogP contribution in [0.2, 0.25) is 0 Å². The highest BCUT2D eigenvalue weighted by molar-refractivity contribution is 5.86. The number of carbonyl (C=O) groups is 1. The van der Waals surface area contributed by atoms with Crippen molar-refractivity contribution in [1.82, 2.24) is 4.90 Å². The number of hydrogen-bond acceptors (Lipinski definition) is 1. The Morgan fingerprint density at radius 1 is 0.750 bits per heavy atom. The average molecular weight is 548 g/mol. The molecule has 2 heteroatoms. The van der Waals surface area contributed by atoms with Crippen molar-refractivity contribution in [2.45, 2.75) is 141 Å². The van der Waals surface area contributed by atoms with Gasteiger partial charge in [0.1, 0.15) is 0 Å². The summed E-state index contributed by atoms with van der Waals surface area (Å²) in [6.45, 7) is 6.70. The molecule has 0 spiro atoms. The molecule has 4 rings (SSSR count). The van der Waals surface area contributed by atoms with Crippen LogP contribution in [0.1, 0.15) is 146 Å². The predicted octanol–water partition coefficient (Wildman–Crippen LogP) is 10.5.